The van der Waals surface area contributed by atoms with Gasteiger partial charge in [-0.05, 0) is 48.9 Å². The molecule has 0 atom stereocenters. The third kappa shape index (κ3) is 4.67. The molecule has 6 heteroatoms. The molecule has 0 bridgehead atoms. The molecule has 1 aromatic heterocycles. The van der Waals surface area contributed by atoms with Crippen LogP contribution in [-0.2, 0) is 6.42 Å². The molecule has 2 N–H and O–H groups in total. The summed E-state index contributed by atoms with van der Waals surface area (Å²) in [4.78, 5) is 16.2. The minimum Gasteiger partial charge on any atom is -0.444 e. The number of nitrogens with zero attached hydrogens (tertiary/aromatic N) is 1. The highest BCUT2D eigenvalue weighted by molar-refractivity contribution is 5.89. The lowest BCUT2D eigenvalue weighted by Crippen LogP contribution is -2.30. The largest absolute Gasteiger partial charge is 0.444 e. The van der Waals surface area contributed by atoms with E-state index in [-0.39, 0.29) is 11.8 Å². The molecule has 0 saturated heterocycles. The average Bonchev–Trinajstić information content (AvgIpc) is 3.04. The number of carbonyl (C=O) groups is 1. The normalized spacial score (nSPS) is 10.5. The van der Waals surface area contributed by atoms with Crippen LogP contribution < -0.4 is 10.6 Å². The zero-order valence-corrected chi connectivity index (χ0v) is 13.8. The first-order valence-electron chi connectivity index (χ1n) is 7.92. The topological polar surface area (TPSA) is 67.2 Å². The molecule has 3 rings (SSSR count). The SMILES string of the molecule is Cc1cccc(NC(=O)NCCc2coc(-c3ccc(F)cc3)n2)c1. The van der Waals surface area contributed by atoms with Crippen molar-refractivity contribution in [3.05, 3.63) is 71.9 Å². The Morgan fingerprint density at radius 3 is 2.76 bits per heavy atom. The van der Waals surface area contributed by atoms with Crippen LogP contribution in [0.3, 0.4) is 0 Å². The summed E-state index contributed by atoms with van der Waals surface area (Å²) < 4.78 is 18.3. The van der Waals surface area contributed by atoms with Crippen molar-refractivity contribution < 1.29 is 13.6 Å². The van der Waals surface area contributed by atoms with Gasteiger partial charge in [0, 0.05) is 24.2 Å². The van der Waals surface area contributed by atoms with Crippen molar-refractivity contribution in [2.75, 3.05) is 11.9 Å². The maximum absolute atomic E-state index is 12.9. The molecule has 1 heterocycles. The highest BCUT2D eigenvalue weighted by Gasteiger charge is 2.08. The molecule has 0 aliphatic heterocycles. The lowest BCUT2D eigenvalue weighted by atomic mass is 10.2. The number of halogens is 1. The first-order chi connectivity index (χ1) is 12.1. The molecule has 2 aromatic carbocycles. The number of aromatic nitrogens is 1. The second kappa shape index (κ2) is 7.61. The second-order valence-electron chi connectivity index (χ2n) is 5.65. The van der Waals surface area contributed by atoms with E-state index >= 15 is 0 Å². The van der Waals surface area contributed by atoms with Gasteiger partial charge in [0.25, 0.3) is 0 Å². The van der Waals surface area contributed by atoms with Gasteiger partial charge in [0.2, 0.25) is 5.89 Å². The number of hydrogen-bond acceptors (Lipinski definition) is 3. The van der Waals surface area contributed by atoms with Crippen molar-refractivity contribution in [1.29, 1.82) is 0 Å². The number of benzene rings is 2. The van der Waals surface area contributed by atoms with Gasteiger partial charge in [-0.1, -0.05) is 12.1 Å². The van der Waals surface area contributed by atoms with E-state index in [4.69, 9.17) is 4.42 Å². The lowest BCUT2D eigenvalue weighted by Gasteiger charge is -2.07. The maximum Gasteiger partial charge on any atom is 0.319 e. The van der Waals surface area contributed by atoms with Crippen LogP contribution >= 0.6 is 0 Å². The van der Waals surface area contributed by atoms with Gasteiger partial charge in [0.05, 0.1) is 5.69 Å². The molecule has 0 fully saturated rings. The van der Waals surface area contributed by atoms with E-state index in [0.29, 0.717) is 24.4 Å². The van der Waals surface area contributed by atoms with Crippen LogP contribution in [0.2, 0.25) is 0 Å². The van der Waals surface area contributed by atoms with E-state index < -0.39 is 0 Å². The summed E-state index contributed by atoms with van der Waals surface area (Å²) in [7, 11) is 0. The molecule has 0 radical (unpaired) electrons. The predicted octanol–water partition coefficient (Wildman–Crippen LogP) is 4.15. The molecule has 5 nitrogen and oxygen atoms in total. The molecule has 0 saturated carbocycles. The number of anilines is 1. The molecule has 0 unspecified atom stereocenters. The molecular formula is C19H18FN3O2. The van der Waals surface area contributed by atoms with E-state index in [1.807, 2.05) is 31.2 Å². The van der Waals surface area contributed by atoms with E-state index in [9.17, 15) is 9.18 Å². The number of nitrogens with one attached hydrogen (secondary N) is 2. The summed E-state index contributed by atoms with van der Waals surface area (Å²) in [6.07, 6.45) is 2.07. The fraction of sp³-hybridized carbons (Fsp3) is 0.158. The summed E-state index contributed by atoms with van der Waals surface area (Å²) >= 11 is 0. The number of hydrogen-bond donors (Lipinski definition) is 2. The van der Waals surface area contributed by atoms with Crippen LogP contribution in [0.4, 0.5) is 14.9 Å². The van der Waals surface area contributed by atoms with Crippen LogP contribution in [0.15, 0.2) is 59.2 Å². The monoisotopic (exact) mass is 339 g/mol. The molecule has 0 spiro atoms. The highest BCUT2D eigenvalue weighted by Crippen LogP contribution is 2.19. The third-order valence-corrected chi connectivity index (χ3v) is 3.59. The Labute approximate surface area is 144 Å². The van der Waals surface area contributed by atoms with Crippen LogP contribution in [0, 0.1) is 12.7 Å². The Morgan fingerprint density at radius 1 is 1.20 bits per heavy atom. The van der Waals surface area contributed by atoms with Crippen molar-refractivity contribution in [2.45, 2.75) is 13.3 Å². The summed E-state index contributed by atoms with van der Waals surface area (Å²) in [6, 6.07) is 13.2. The number of oxazole rings is 1. The van der Waals surface area contributed by atoms with E-state index in [1.165, 1.54) is 12.1 Å². The summed E-state index contributed by atoms with van der Waals surface area (Å²) in [5.74, 6) is 0.124. The molecule has 25 heavy (non-hydrogen) atoms. The fourth-order valence-corrected chi connectivity index (χ4v) is 2.35. The smallest absolute Gasteiger partial charge is 0.319 e. The Bertz CT molecular complexity index is 859. The van der Waals surface area contributed by atoms with Gasteiger partial charge in [-0.2, -0.15) is 0 Å². The van der Waals surface area contributed by atoms with E-state index in [1.54, 1.807) is 18.4 Å². The maximum atomic E-state index is 12.9. The Hall–Kier alpha value is -3.15. The number of rotatable bonds is 5. The quantitative estimate of drug-likeness (QED) is 0.734. The van der Waals surface area contributed by atoms with Crippen LogP contribution in [0.5, 0.6) is 0 Å². The average molecular weight is 339 g/mol. The summed E-state index contributed by atoms with van der Waals surface area (Å²) in [5, 5.41) is 5.55. The Balaban J connectivity index is 1.49. The van der Waals surface area contributed by atoms with Gasteiger partial charge in [0.1, 0.15) is 12.1 Å². The molecule has 0 aliphatic rings. The van der Waals surface area contributed by atoms with Crippen molar-refractivity contribution >= 4 is 11.7 Å². The summed E-state index contributed by atoms with van der Waals surface area (Å²) in [6.45, 7) is 2.39. The highest BCUT2D eigenvalue weighted by atomic mass is 19.1. The Morgan fingerprint density at radius 2 is 2.00 bits per heavy atom. The van der Waals surface area contributed by atoms with Gasteiger partial charge < -0.3 is 15.1 Å². The number of aryl methyl sites for hydroxylation is 1. The number of amides is 2. The standard InChI is InChI=1S/C19H18FN3O2/c1-13-3-2-4-16(11-13)23-19(24)21-10-9-17-12-25-18(22-17)14-5-7-15(20)8-6-14/h2-8,11-12H,9-10H2,1H3,(H2,21,23,24). The van der Waals surface area contributed by atoms with Gasteiger partial charge in [-0.25, -0.2) is 14.2 Å². The van der Waals surface area contributed by atoms with Crippen LogP contribution in [0.25, 0.3) is 11.5 Å². The molecular weight excluding hydrogens is 321 g/mol. The van der Waals surface area contributed by atoms with Gasteiger partial charge in [-0.15, -0.1) is 0 Å². The fourth-order valence-electron chi connectivity index (χ4n) is 2.35. The van der Waals surface area contributed by atoms with E-state index in [2.05, 4.69) is 15.6 Å². The number of carbonyl (C=O) groups excluding carboxylic acids is 1. The first kappa shape index (κ1) is 16.7. The molecule has 2 amide bonds. The van der Waals surface area contributed by atoms with E-state index in [0.717, 1.165) is 16.9 Å². The van der Waals surface area contributed by atoms with Crippen LogP contribution in [-0.4, -0.2) is 17.6 Å². The van der Waals surface area contributed by atoms with Crippen LogP contribution in [0.1, 0.15) is 11.3 Å². The third-order valence-electron chi connectivity index (χ3n) is 3.59. The number of urea groups is 1. The molecule has 3 aromatic rings. The minimum absolute atomic E-state index is 0.271. The second-order valence-corrected chi connectivity index (χ2v) is 5.65. The van der Waals surface area contributed by atoms with Crippen molar-refractivity contribution in [3.8, 4) is 11.5 Å². The van der Waals surface area contributed by atoms with Crippen molar-refractivity contribution in [3.63, 3.8) is 0 Å². The zero-order valence-electron chi connectivity index (χ0n) is 13.8. The summed E-state index contributed by atoms with van der Waals surface area (Å²) in [5.41, 5.74) is 3.25. The first-order valence-corrected chi connectivity index (χ1v) is 7.92. The molecule has 0 aliphatic carbocycles. The van der Waals surface area contributed by atoms with Gasteiger partial charge >= 0.3 is 6.03 Å². The zero-order chi connectivity index (χ0) is 17.6. The van der Waals surface area contributed by atoms with Gasteiger partial charge in [-0.3, -0.25) is 0 Å². The molecule has 128 valence electrons. The lowest BCUT2D eigenvalue weighted by molar-refractivity contribution is 0.252. The minimum atomic E-state index is -0.306. The van der Waals surface area contributed by atoms with Crippen molar-refractivity contribution in [1.82, 2.24) is 10.3 Å². The van der Waals surface area contributed by atoms with Gasteiger partial charge in [0.15, 0.2) is 0 Å². The predicted molar refractivity (Wildman–Crippen MR) is 93.8 cm³/mol. The Kier molecular flexibility index (Phi) is 5.09. The van der Waals surface area contributed by atoms with Crippen molar-refractivity contribution in [2.24, 2.45) is 0 Å².